The Morgan fingerprint density at radius 1 is 0.935 bits per heavy atom. The van der Waals surface area contributed by atoms with Gasteiger partial charge in [-0.3, -0.25) is 0 Å². The zero-order valence-electron chi connectivity index (χ0n) is 16.7. The Morgan fingerprint density at radius 3 is 2.48 bits per heavy atom. The summed E-state index contributed by atoms with van der Waals surface area (Å²) in [5.41, 5.74) is 9.63. The Bertz CT molecular complexity index is 1580. The topological polar surface area (TPSA) is 92.9 Å². The van der Waals surface area contributed by atoms with E-state index in [4.69, 9.17) is 10.2 Å². The van der Waals surface area contributed by atoms with E-state index in [2.05, 4.69) is 11.1 Å². The molecule has 2 heterocycles. The van der Waals surface area contributed by atoms with Crippen molar-refractivity contribution in [2.24, 2.45) is 0 Å². The minimum Gasteiger partial charge on any atom is -0.422 e. The highest BCUT2D eigenvalue weighted by molar-refractivity contribution is 6.06. The quantitative estimate of drug-likeness (QED) is 0.313. The highest BCUT2D eigenvalue weighted by Crippen LogP contribution is 2.32. The van der Waals surface area contributed by atoms with Crippen LogP contribution < -0.4 is 11.4 Å². The fraction of sp³-hybridized carbons (Fsp3) is 0.0385. The van der Waals surface area contributed by atoms with Gasteiger partial charge in [0.25, 0.3) is 0 Å². The number of nitriles is 1. The maximum Gasteiger partial charge on any atom is 0.345 e. The highest BCUT2D eigenvalue weighted by atomic mass is 16.4. The van der Waals surface area contributed by atoms with Crippen molar-refractivity contribution < 1.29 is 4.42 Å². The number of aromatic nitrogens is 1. The number of hydrogen-bond acceptors (Lipinski definition) is 5. The van der Waals surface area contributed by atoms with Crippen molar-refractivity contribution in [3.8, 4) is 28.5 Å². The molecule has 148 valence electrons. The van der Waals surface area contributed by atoms with E-state index in [-0.39, 0.29) is 11.4 Å². The summed E-state index contributed by atoms with van der Waals surface area (Å²) in [6, 6.07) is 25.0. The number of nitrogens with two attached hydrogens (primary N) is 1. The lowest BCUT2D eigenvalue weighted by Crippen LogP contribution is -2.07. The van der Waals surface area contributed by atoms with E-state index >= 15 is 0 Å². The first-order valence-electron chi connectivity index (χ1n) is 9.79. The number of anilines is 1. The molecule has 0 bridgehead atoms. The lowest BCUT2D eigenvalue weighted by molar-refractivity contribution is 0.563. The number of nitrogens with zero attached hydrogens (tertiary/aromatic N) is 2. The van der Waals surface area contributed by atoms with Crippen LogP contribution in [0.1, 0.15) is 11.1 Å². The van der Waals surface area contributed by atoms with Crippen LogP contribution in [0.15, 0.2) is 82.0 Å². The lowest BCUT2D eigenvalue weighted by atomic mass is 9.97. The molecule has 2 aromatic heterocycles. The summed E-state index contributed by atoms with van der Waals surface area (Å²) in [5.74, 6) is 0.0768. The summed E-state index contributed by atoms with van der Waals surface area (Å²) in [6.45, 7) is 1.99. The molecular formula is C26H17N3O2. The summed E-state index contributed by atoms with van der Waals surface area (Å²) in [6.07, 6.45) is 0. The van der Waals surface area contributed by atoms with Gasteiger partial charge < -0.3 is 10.2 Å². The van der Waals surface area contributed by atoms with Crippen molar-refractivity contribution in [2.45, 2.75) is 6.92 Å². The third-order valence-electron chi connectivity index (χ3n) is 5.44. The minimum absolute atomic E-state index is 0.0768. The summed E-state index contributed by atoms with van der Waals surface area (Å²) >= 11 is 0. The summed E-state index contributed by atoms with van der Waals surface area (Å²) < 4.78 is 5.61. The van der Waals surface area contributed by atoms with Crippen molar-refractivity contribution in [1.82, 2.24) is 4.98 Å². The van der Waals surface area contributed by atoms with Crippen molar-refractivity contribution >= 4 is 27.6 Å². The molecule has 0 saturated heterocycles. The Morgan fingerprint density at radius 2 is 1.71 bits per heavy atom. The molecule has 0 atom stereocenters. The first kappa shape index (κ1) is 18.6. The van der Waals surface area contributed by atoms with Gasteiger partial charge in [-0.05, 0) is 41.5 Å². The zero-order chi connectivity index (χ0) is 21.5. The lowest BCUT2D eigenvalue weighted by Gasteiger charge is -2.11. The molecule has 0 saturated carbocycles. The van der Waals surface area contributed by atoms with E-state index in [0.717, 1.165) is 27.3 Å². The molecule has 0 amide bonds. The predicted octanol–water partition coefficient (Wildman–Crippen LogP) is 5.44. The van der Waals surface area contributed by atoms with Crippen LogP contribution in [0.25, 0.3) is 44.1 Å². The van der Waals surface area contributed by atoms with E-state index in [1.54, 1.807) is 18.2 Å². The third-order valence-corrected chi connectivity index (χ3v) is 5.44. The first-order valence-corrected chi connectivity index (χ1v) is 9.79. The second kappa shape index (κ2) is 7.12. The summed E-state index contributed by atoms with van der Waals surface area (Å²) in [4.78, 5) is 17.2. The number of fused-ring (bicyclic) bond motifs is 3. The molecule has 5 nitrogen and oxygen atoms in total. The molecule has 3 aromatic carbocycles. The van der Waals surface area contributed by atoms with Gasteiger partial charge in [-0.1, -0.05) is 60.2 Å². The Hall–Kier alpha value is -4.43. The fourth-order valence-electron chi connectivity index (χ4n) is 3.83. The first-order chi connectivity index (χ1) is 15.0. The molecule has 5 heteroatoms. The maximum atomic E-state index is 12.8. The second-order valence-electron chi connectivity index (χ2n) is 7.44. The molecule has 0 aliphatic heterocycles. The Labute approximate surface area is 178 Å². The monoisotopic (exact) mass is 403 g/mol. The maximum absolute atomic E-state index is 12.8. The van der Waals surface area contributed by atoms with Crippen LogP contribution in [0.5, 0.6) is 0 Å². The van der Waals surface area contributed by atoms with Crippen LogP contribution >= 0.6 is 0 Å². The molecule has 0 radical (unpaired) electrons. The average Bonchev–Trinajstić information content (AvgIpc) is 2.78. The van der Waals surface area contributed by atoms with E-state index in [0.29, 0.717) is 22.4 Å². The summed E-state index contributed by atoms with van der Waals surface area (Å²) in [7, 11) is 0. The van der Waals surface area contributed by atoms with Crippen molar-refractivity contribution in [3.63, 3.8) is 0 Å². The van der Waals surface area contributed by atoms with Gasteiger partial charge in [0.2, 0.25) is 0 Å². The number of pyridine rings is 1. The third kappa shape index (κ3) is 3.11. The second-order valence-corrected chi connectivity index (χ2v) is 7.44. The molecule has 31 heavy (non-hydrogen) atoms. The Balaban J connectivity index is 1.79. The van der Waals surface area contributed by atoms with Gasteiger partial charge in [0.15, 0.2) is 0 Å². The van der Waals surface area contributed by atoms with Crippen LogP contribution in [0.4, 0.5) is 5.82 Å². The van der Waals surface area contributed by atoms with Crippen LogP contribution in [0.2, 0.25) is 0 Å². The van der Waals surface area contributed by atoms with Crippen molar-refractivity contribution in [3.05, 3.63) is 94.3 Å². The molecule has 5 rings (SSSR count). The zero-order valence-corrected chi connectivity index (χ0v) is 16.7. The van der Waals surface area contributed by atoms with Gasteiger partial charge in [-0.2, -0.15) is 5.26 Å². The van der Waals surface area contributed by atoms with Crippen LogP contribution in [-0.4, -0.2) is 4.98 Å². The number of rotatable bonds is 2. The van der Waals surface area contributed by atoms with Gasteiger partial charge >= 0.3 is 5.63 Å². The SMILES string of the molecule is Cc1ccc(-c2cc(-c3cc4c(ccc5ccccc54)oc3=O)nc(N)c2C#N)cc1. The highest BCUT2D eigenvalue weighted by Gasteiger charge is 2.17. The molecule has 0 fully saturated rings. The minimum atomic E-state index is -0.505. The molecule has 5 aromatic rings. The number of nitrogen functional groups attached to an aromatic ring is 1. The van der Waals surface area contributed by atoms with Crippen molar-refractivity contribution in [2.75, 3.05) is 5.73 Å². The van der Waals surface area contributed by atoms with E-state index in [1.165, 1.54) is 0 Å². The normalized spacial score (nSPS) is 11.0. The standard InChI is InChI=1S/C26H17N3O2/c1-15-6-8-17(9-7-15)19-13-23(29-25(28)22(19)14-27)21-12-20-18-5-3-2-4-16(18)10-11-24(20)31-26(21)30/h2-13H,1H3,(H2,28,29). The smallest absolute Gasteiger partial charge is 0.345 e. The number of benzene rings is 3. The number of hydrogen-bond donors (Lipinski definition) is 1. The van der Waals surface area contributed by atoms with Crippen LogP contribution in [0, 0.1) is 18.3 Å². The molecular weight excluding hydrogens is 386 g/mol. The van der Waals surface area contributed by atoms with Gasteiger partial charge in [-0.15, -0.1) is 0 Å². The molecule has 0 unspecified atom stereocenters. The van der Waals surface area contributed by atoms with E-state index in [1.807, 2.05) is 61.5 Å². The Kier molecular flexibility index (Phi) is 4.27. The van der Waals surface area contributed by atoms with Crippen LogP contribution in [-0.2, 0) is 0 Å². The molecule has 0 aliphatic carbocycles. The van der Waals surface area contributed by atoms with Crippen molar-refractivity contribution in [1.29, 1.82) is 5.26 Å². The van der Waals surface area contributed by atoms with Crippen LogP contribution in [0.3, 0.4) is 0 Å². The van der Waals surface area contributed by atoms with Gasteiger partial charge in [0.1, 0.15) is 23.0 Å². The van der Waals surface area contributed by atoms with Gasteiger partial charge in [0.05, 0.1) is 11.3 Å². The molecule has 0 aliphatic rings. The average molecular weight is 403 g/mol. The largest absolute Gasteiger partial charge is 0.422 e. The molecule has 0 spiro atoms. The fourth-order valence-corrected chi connectivity index (χ4v) is 3.83. The van der Waals surface area contributed by atoms with Gasteiger partial charge in [-0.25, -0.2) is 9.78 Å². The van der Waals surface area contributed by atoms with E-state index < -0.39 is 5.63 Å². The van der Waals surface area contributed by atoms with Gasteiger partial charge in [0, 0.05) is 10.9 Å². The molecule has 2 N–H and O–H groups in total. The van der Waals surface area contributed by atoms with E-state index in [9.17, 15) is 10.1 Å². The summed E-state index contributed by atoms with van der Waals surface area (Å²) in [5, 5.41) is 12.5. The predicted molar refractivity (Wildman–Crippen MR) is 123 cm³/mol. The number of aryl methyl sites for hydroxylation is 1.